The lowest BCUT2D eigenvalue weighted by atomic mass is 10.1. The topological polar surface area (TPSA) is 28.2 Å². The molecular weight excluding hydrogens is 246 g/mol. The predicted molar refractivity (Wildman–Crippen MR) is 86.2 cm³/mol. The summed E-state index contributed by atoms with van der Waals surface area (Å²) >= 11 is 0. The fraction of sp³-hybridized carbons (Fsp3) is 0.706. The molecule has 1 fully saturated rings. The van der Waals surface area contributed by atoms with E-state index in [0.29, 0.717) is 18.1 Å². The Morgan fingerprint density at radius 2 is 2.15 bits per heavy atom. The van der Waals surface area contributed by atoms with Crippen LogP contribution in [0.15, 0.2) is 18.3 Å². The number of nitrogens with one attached hydrogen (secondary N) is 1. The van der Waals surface area contributed by atoms with Crippen LogP contribution in [0.5, 0.6) is 0 Å². The summed E-state index contributed by atoms with van der Waals surface area (Å²) in [5.41, 5.74) is 2.43. The first-order chi connectivity index (χ1) is 9.67. The molecule has 3 nitrogen and oxygen atoms in total. The van der Waals surface area contributed by atoms with Gasteiger partial charge in [-0.1, -0.05) is 13.8 Å². The van der Waals surface area contributed by atoms with Gasteiger partial charge in [-0.2, -0.15) is 0 Å². The Labute approximate surface area is 123 Å². The van der Waals surface area contributed by atoms with Crippen LogP contribution in [0.1, 0.15) is 65.1 Å². The molecule has 2 rings (SSSR count). The molecule has 0 bridgehead atoms. The van der Waals surface area contributed by atoms with E-state index in [0.717, 1.165) is 18.7 Å². The van der Waals surface area contributed by atoms with Crippen LogP contribution in [0.3, 0.4) is 0 Å². The maximum absolute atomic E-state index is 4.68. The number of anilines is 1. The molecule has 1 aliphatic heterocycles. The maximum atomic E-state index is 4.68. The summed E-state index contributed by atoms with van der Waals surface area (Å²) in [6.45, 7) is 10.0. The Hall–Kier alpha value is -1.09. The molecule has 3 atom stereocenters. The second kappa shape index (κ2) is 7.07. The van der Waals surface area contributed by atoms with Gasteiger partial charge in [0.15, 0.2) is 0 Å². The smallest absolute Gasteiger partial charge is 0.0572 e. The molecule has 20 heavy (non-hydrogen) atoms. The minimum atomic E-state index is 0.335. The lowest BCUT2D eigenvalue weighted by molar-refractivity contribution is 0.558. The van der Waals surface area contributed by atoms with Crippen molar-refractivity contribution in [2.75, 3.05) is 11.4 Å². The first-order valence-electron chi connectivity index (χ1n) is 8.15. The third kappa shape index (κ3) is 3.32. The molecule has 1 aromatic rings. The molecule has 0 saturated carbocycles. The SMILES string of the molecule is CCCNC(C)c1ccc(N2C(C)CCC2CC)cn1. The average molecular weight is 275 g/mol. The van der Waals surface area contributed by atoms with Gasteiger partial charge in [-0.25, -0.2) is 0 Å². The fourth-order valence-corrected chi connectivity index (χ4v) is 3.21. The number of nitrogens with zero attached hydrogens (tertiary/aromatic N) is 2. The van der Waals surface area contributed by atoms with Gasteiger partial charge in [0.1, 0.15) is 0 Å². The van der Waals surface area contributed by atoms with Crippen LogP contribution in [-0.4, -0.2) is 23.6 Å². The molecule has 1 aromatic heterocycles. The highest BCUT2D eigenvalue weighted by Crippen LogP contribution is 2.31. The summed E-state index contributed by atoms with van der Waals surface area (Å²) in [4.78, 5) is 7.23. The van der Waals surface area contributed by atoms with Gasteiger partial charge < -0.3 is 10.2 Å². The van der Waals surface area contributed by atoms with Crippen LogP contribution >= 0.6 is 0 Å². The molecule has 1 saturated heterocycles. The van der Waals surface area contributed by atoms with Crippen molar-refractivity contribution in [3.05, 3.63) is 24.0 Å². The van der Waals surface area contributed by atoms with E-state index in [1.54, 1.807) is 0 Å². The number of rotatable bonds is 6. The van der Waals surface area contributed by atoms with Gasteiger partial charge in [0, 0.05) is 18.1 Å². The molecule has 0 radical (unpaired) electrons. The minimum absolute atomic E-state index is 0.335. The van der Waals surface area contributed by atoms with E-state index in [9.17, 15) is 0 Å². The third-order valence-electron chi connectivity index (χ3n) is 4.47. The molecule has 1 N–H and O–H groups in total. The maximum Gasteiger partial charge on any atom is 0.0572 e. The largest absolute Gasteiger partial charge is 0.365 e. The monoisotopic (exact) mass is 275 g/mol. The molecule has 3 heteroatoms. The summed E-state index contributed by atoms with van der Waals surface area (Å²) in [5, 5.41) is 3.49. The van der Waals surface area contributed by atoms with E-state index in [-0.39, 0.29) is 0 Å². The van der Waals surface area contributed by atoms with Crippen molar-refractivity contribution in [3.63, 3.8) is 0 Å². The van der Waals surface area contributed by atoms with Gasteiger partial charge in [0.2, 0.25) is 0 Å². The Balaban J connectivity index is 2.07. The van der Waals surface area contributed by atoms with Crippen LogP contribution in [-0.2, 0) is 0 Å². The lowest BCUT2D eigenvalue weighted by Crippen LogP contribution is -2.34. The van der Waals surface area contributed by atoms with Crippen molar-refractivity contribution in [3.8, 4) is 0 Å². The second-order valence-corrected chi connectivity index (χ2v) is 6.01. The Kier molecular flexibility index (Phi) is 5.41. The van der Waals surface area contributed by atoms with E-state index in [1.807, 2.05) is 0 Å². The zero-order valence-corrected chi connectivity index (χ0v) is 13.4. The molecular formula is C17H29N3. The zero-order valence-electron chi connectivity index (χ0n) is 13.4. The summed E-state index contributed by atoms with van der Waals surface area (Å²) in [6, 6.07) is 6.09. The van der Waals surface area contributed by atoms with Gasteiger partial charge >= 0.3 is 0 Å². The highest BCUT2D eigenvalue weighted by molar-refractivity contribution is 5.48. The van der Waals surface area contributed by atoms with Gasteiger partial charge in [-0.05, 0) is 58.2 Å². The number of aromatic nitrogens is 1. The van der Waals surface area contributed by atoms with E-state index >= 15 is 0 Å². The van der Waals surface area contributed by atoms with Gasteiger partial charge in [-0.3, -0.25) is 4.98 Å². The third-order valence-corrected chi connectivity index (χ3v) is 4.47. The first-order valence-corrected chi connectivity index (χ1v) is 8.15. The lowest BCUT2D eigenvalue weighted by Gasteiger charge is -2.30. The molecule has 3 unspecified atom stereocenters. The van der Waals surface area contributed by atoms with Gasteiger partial charge in [-0.15, -0.1) is 0 Å². The number of hydrogen-bond donors (Lipinski definition) is 1. The molecule has 0 spiro atoms. The number of hydrogen-bond acceptors (Lipinski definition) is 3. The van der Waals surface area contributed by atoms with E-state index in [4.69, 9.17) is 0 Å². The van der Waals surface area contributed by atoms with Gasteiger partial charge in [0.05, 0.1) is 17.6 Å². The van der Waals surface area contributed by atoms with Crippen LogP contribution in [0, 0.1) is 0 Å². The van der Waals surface area contributed by atoms with Crippen LogP contribution in [0.25, 0.3) is 0 Å². The minimum Gasteiger partial charge on any atom is -0.365 e. The number of pyridine rings is 1. The highest BCUT2D eigenvalue weighted by atomic mass is 15.2. The van der Waals surface area contributed by atoms with Crippen LogP contribution in [0.4, 0.5) is 5.69 Å². The zero-order chi connectivity index (χ0) is 14.5. The van der Waals surface area contributed by atoms with Crippen molar-refractivity contribution < 1.29 is 0 Å². The molecule has 2 heterocycles. The summed E-state index contributed by atoms with van der Waals surface area (Å²) in [7, 11) is 0. The molecule has 0 aromatic carbocycles. The predicted octanol–water partition coefficient (Wildman–Crippen LogP) is 3.91. The second-order valence-electron chi connectivity index (χ2n) is 6.01. The molecule has 0 amide bonds. The summed E-state index contributed by atoms with van der Waals surface area (Å²) in [5.74, 6) is 0. The molecule has 112 valence electrons. The van der Waals surface area contributed by atoms with E-state index < -0.39 is 0 Å². The van der Waals surface area contributed by atoms with Crippen molar-refractivity contribution >= 4 is 5.69 Å². The van der Waals surface area contributed by atoms with Crippen LogP contribution in [0.2, 0.25) is 0 Å². The highest BCUT2D eigenvalue weighted by Gasteiger charge is 2.29. The summed E-state index contributed by atoms with van der Waals surface area (Å²) in [6.07, 6.45) is 7.05. The Morgan fingerprint density at radius 3 is 2.75 bits per heavy atom. The Morgan fingerprint density at radius 1 is 1.35 bits per heavy atom. The van der Waals surface area contributed by atoms with Crippen LogP contribution < -0.4 is 10.2 Å². The quantitative estimate of drug-likeness (QED) is 0.853. The fourth-order valence-electron chi connectivity index (χ4n) is 3.21. The average Bonchev–Trinajstić information content (AvgIpc) is 2.86. The van der Waals surface area contributed by atoms with Crippen molar-refractivity contribution in [1.29, 1.82) is 0 Å². The van der Waals surface area contributed by atoms with Crippen molar-refractivity contribution in [2.24, 2.45) is 0 Å². The van der Waals surface area contributed by atoms with E-state index in [2.05, 4.69) is 61.2 Å². The summed E-state index contributed by atoms with van der Waals surface area (Å²) < 4.78 is 0. The Bertz CT molecular complexity index is 401. The van der Waals surface area contributed by atoms with Crippen molar-refractivity contribution in [2.45, 2.75) is 71.5 Å². The first kappa shape index (κ1) is 15.3. The normalized spacial score (nSPS) is 24.1. The molecule has 1 aliphatic rings. The van der Waals surface area contributed by atoms with Crippen molar-refractivity contribution in [1.82, 2.24) is 10.3 Å². The standard InChI is InChI=1S/C17H29N3/c1-5-11-18-14(4)17-10-9-16(12-19-17)20-13(3)7-8-15(20)6-2/h9-10,12-15,18H,5-8,11H2,1-4H3. The van der Waals surface area contributed by atoms with Gasteiger partial charge in [0.25, 0.3) is 0 Å². The molecule has 0 aliphatic carbocycles. The van der Waals surface area contributed by atoms with E-state index in [1.165, 1.54) is 24.9 Å².